The molecule has 4 aromatic rings. The first-order valence-electron chi connectivity index (χ1n) is 15.9. The van der Waals surface area contributed by atoms with Crippen LogP contribution in [0.5, 0.6) is 11.5 Å². The van der Waals surface area contributed by atoms with E-state index in [0.29, 0.717) is 35.8 Å². The first kappa shape index (κ1) is 33.7. The number of esters is 2. The summed E-state index contributed by atoms with van der Waals surface area (Å²) in [6.07, 6.45) is -0.182. The van der Waals surface area contributed by atoms with E-state index in [9.17, 15) is 14.9 Å². The number of ether oxygens (including phenoxy) is 6. The Morgan fingerprint density at radius 2 is 1.16 bits per heavy atom. The van der Waals surface area contributed by atoms with Gasteiger partial charge in [0.15, 0.2) is 12.2 Å². The molecule has 2 aliphatic rings. The van der Waals surface area contributed by atoms with Crippen molar-refractivity contribution in [1.82, 2.24) is 0 Å². The van der Waals surface area contributed by atoms with Crippen molar-refractivity contribution in [2.24, 2.45) is 0 Å². The number of benzene rings is 4. The maximum Gasteiger partial charge on any atom is 0.349 e. The lowest BCUT2D eigenvalue weighted by Crippen LogP contribution is -2.36. The lowest BCUT2D eigenvalue weighted by molar-refractivity contribution is -0.150. The minimum atomic E-state index is -0.829. The summed E-state index contributed by atoms with van der Waals surface area (Å²) < 4.78 is 34.4. The van der Waals surface area contributed by atoms with Gasteiger partial charge >= 0.3 is 11.9 Å². The minimum Gasteiger partial charge on any atom is -0.489 e. The van der Waals surface area contributed by atoms with Gasteiger partial charge in [-0.2, -0.15) is 5.26 Å². The molecule has 0 bridgehead atoms. The smallest absolute Gasteiger partial charge is 0.349 e. The standard InChI is InChI=1S/C40H32N2O8/c1-42-34(21-28-14-18-33(19-15-28)46-24-30-10-6-3-7-11-30)40(44)50-36-26-48-37-35(25-47-38(36)37)49-39(43)31(22-41)20-27-12-16-32(17-13-27)45-23-29-8-4-2-5-9-29/h2-21,35-38H,23-26H2/b31-20+,34-21-/t35-,36+,37+,38+/m0/s1. The number of nitriles is 1. The molecule has 2 aliphatic heterocycles. The van der Waals surface area contributed by atoms with Gasteiger partial charge in [-0.1, -0.05) is 84.9 Å². The monoisotopic (exact) mass is 668 g/mol. The van der Waals surface area contributed by atoms with Crippen molar-refractivity contribution < 1.29 is 38.0 Å². The summed E-state index contributed by atoms with van der Waals surface area (Å²) in [6.45, 7) is 8.36. The normalized spacial score (nSPS) is 19.8. The summed E-state index contributed by atoms with van der Waals surface area (Å²) in [5.41, 5.74) is 2.90. The lowest BCUT2D eigenvalue weighted by Gasteiger charge is -2.17. The van der Waals surface area contributed by atoms with Crippen LogP contribution in [0.15, 0.2) is 120 Å². The van der Waals surface area contributed by atoms with E-state index >= 15 is 0 Å². The van der Waals surface area contributed by atoms with Gasteiger partial charge in [0, 0.05) is 0 Å². The maximum atomic E-state index is 13.0. The lowest BCUT2D eigenvalue weighted by atomic mass is 10.1. The molecule has 2 heterocycles. The van der Waals surface area contributed by atoms with Crippen LogP contribution in [-0.4, -0.2) is 49.6 Å². The van der Waals surface area contributed by atoms with E-state index < -0.39 is 36.4 Å². The molecule has 0 aliphatic carbocycles. The van der Waals surface area contributed by atoms with E-state index in [1.165, 1.54) is 12.2 Å². The van der Waals surface area contributed by atoms with Gasteiger partial charge in [0.25, 0.3) is 5.70 Å². The van der Waals surface area contributed by atoms with Gasteiger partial charge < -0.3 is 28.4 Å². The van der Waals surface area contributed by atoms with Crippen molar-refractivity contribution >= 4 is 24.1 Å². The van der Waals surface area contributed by atoms with Gasteiger partial charge in [0.1, 0.15) is 48.6 Å². The zero-order valence-electron chi connectivity index (χ0n) is 26.8. The molecule has 4 atom stereocenters. The molecule has 0 saturated carbocycles. The molecule has 0 unspecified atom stereocenters. The van der Waals surface area contributed by atoms with Gasteiger partial charge in [-0.3, -0.25) is 4.79 Å². The SMILES string of the molecule is [C-]#[N+]/C(=C\c1ccc(OCc2ccccc2)cc1)C(=O)O[C@@H]1CO[C@H]2[C@@H]1OC[C@@H]2OC(=O)/C(C#N)=C/c1ccc(OCc2ccccc2)cc1. The van der Waals surface area contributed by atoms with Gasteiger partial charge in [-0.25, -0.2) is 9.64 Å². The van der Waals surface area contributed by atoms with E-state index in [-0.39, 0.29) is 24.5 Å². The number of hydrogen-bond acceptors (Lipinski definition) is 9. The Labute approximate surface area is 289 Å². The van der Waals surface area contributed by atoms with E-state index in [1.807, 2.05) is 66.7 Å². The van der Waals surface area contributed by atoms with Crippen LogP contribution in [0, 0.1) is 17.9 Å². The van der Waals surface area contributed by atoms with E-state index in [1.54, 1.807) is 48.5 Å². The third-order valence-electron chi connectivity index (χ3n) is 8.02. The molecule has 250 valence electrons. The molecule has 0 amide bonds. The number of hydrogen-bond donors (Lipinski definition) is 0. The van der Waals surface area contributed by atoms with Crippen LogP contribution in [0.3, 0.4) is 0 Å². The van der Waals surface area contributed by atoms with Crippen LogP contribution in [0.25, 0.3) is 17.0 Å². The molecule has 0 radical (unpaired) electrons. The highest BCUT2D eigenvalue weighted by Gasteiger charge is 2.51. The summed E-state index contributed by atoms with van der Waals surface area (Å²) in [5, 5.41) is 9.69. The second-order valence-electron chi connectivity index (χ2n) is 11.5. The molecule has 0 spiro atoms. The largest absolute Gasteiger partial charge is 0.489 e. The fraction of sp³-hybridized carbons (Fsp3) is 0.200. The zero-order valence-corrected chi connectivity index (χ0v) is 26.8. The fourth-order valence-electron chi connectivity index (χ4n) is 5.43. The topological polar surface area (TPSA) is 118 Å². The van der Waals surface area contributed by atoms with Crippen LogP contribution in [0.1, 0.15) is 22.3 Å². The van der Waals surface area contributed by atoms with Crippen LogP contribution in [0.4, 0.5) is 0 Å². The van der Waals surface area contributed by atoms with Gasteiger partial charge in [-0.05, 0) is 58.7 Å². The molecular formula is C40H32N2O8. The molecule has 2 fully saturated rings. The van der Waals surface area contributed by atoms with Gasteiger partial charge in [-0.15, -0.1) is 0 Å². The van der Waals surface area contributed by atoms with E-state index in [2.05, 4.69) is 4.85 Å². The Hall–Kier alpha value is -6.20. The van der Waals surface area contributed by atoms with Gasteiger partial charge in [0.2, 0.25) is 0 Å². The van der Waals surface area contributed by atoms with Crippen molar-refractivity contribution in [3.05, 3.63) is 154 Å². The van der Waals surface area contributed by atoms with Crippen LogP contribution < -0.4 is 9.47 Å². The predicted molar refractivity (Wildman–Crippen MR) is 182 cm³/mol. The van der Waals surface area contributed by atoms with Crippen LogP contribution in [0.2, 0.25) is 0 Å². The fourth-order valence-corrected chi connectivity index (χ4v) is 5.43. The molecule has 0 N–H and O–H groups in total. The average molecular weight is 669 g/mol. The molecular weight excluding hydrogens is 636 g/mol. The summed E-state index contributed by atoms with van der Waals surface area (Å²) in [7, 11) is 0. The van der Waals surface area contributed by atoms with E-state index in [0.717, 1.165) is 11.1 Å². The highest BCUT2D eigenvalue weighted by molar-refractivity contribution is 5.98. The second-order valence-corrected chi connectivity index (χ2v) is 11.5. The number of carbonyl (C=O) groups is 2. The average Bonchev–Trinajstić information content (AvgIpc) is 3.75. The molecule has 2 saturated heterocycles. The Morgan fingerprint density at radius 1 is 0.700 bits per heavy atom. The maximum absolute atomic E-state index is 13.0. The predicted octanol–water partition coefficient (Wildman–Crippen LogP) is 6.33. The number of nitrogens with zero attached hydrogens (tertiary/aromatic N) is 2. The van der Waals surface area contributed by atoms with Crippen molar-refractivity contribution in [3.63, 3.8) is 0 Å². The third-order valence-corrected chi connectivity index (χ3v) is 8.02. The molecule has 0 aromatic heterocycles. The second kappa shape index (κ2) is 16.3. The molecule has 10 nitrogen and oxygen atoms in total. The third kappa shape index (κ3) is 8.63. The zero-order chi connectivity index (χ0) is 34.7. The molecule has 6 rings (SSSR count). The summed E-state index contributed by atoms with van der Waals surface area (Å²) in [6, 6.07) is 35.4. The summed E-state index contributed by atoms with van der Waals surface area (Å²) >= 11 is 0. The van der Waals surface area contributed by atoms with E-state index in [4.69, 9.17) is 35.0 Å². The van der Waals surface area contributed by atoms with Crippen molar-refractivity contribution in [2.75, 3.05) is 13.2 Å². The Morgan fingerprint density at radius 3 is 1.62 bits per heavy atom. The highest BCUT2D eigenvalue weighted by Crippen LogP contribution is 2.32. The Bertz CT molecular complexity index is 1790. The van der Waals surface area contributed by atoms with Crippen molar-refractivity contribution in [2.45, 2.75) is 37.6 Å². The highest BCUT2D eigenvalue weighted by atomic mass is 16.7. The van der Waals surface area contributed by atoms with Crippen molar-refractivity contribution in [1.29, 1.82) is 5.26 Å². The molecule has 10 heteroatoms. The number of rotatable bonds is 12. The Kier molecular flexibility index (Phi) is 11.0. The first-order chi connectivity index (χ1) is 24.5. The summed E-state index contributed by atoms with van der Waals surface area (Å²) in [4.78, 5) is 29.3. The summed E-state index contributed by atoms with van der Waals surface area (Å²) in [5.74, 6) is -0.358. The number of carbonyl (C=O) groups excluding carboxylic acids is 2. The number of fused-ring (bicyclic) bond motifs is 1. The molecule has 4 aromatic carbocycles. The Balaban J connectivity index is 0.998. The van der Waals surface area contributed by atoms with Gasteiger partial charge in [0.05, 0.1) is 19.8 Å². The minimum absolute atomic E-state index is 0.00646. The quantitative estimate of drug-likeness (QED) is 0.0739. The van der Waals surface area contributed by atoms with Crippen LogP contribution in [-0.2, 0) is 41.8 Å². The van der Waals surface area contributed by atoms with Crippen LogP contribution >= 0.6 is 0 Å². The first-order valence-corrected chi connectivity index (χ1v) is 15.9. The molecule has 50 heavy (non-hydrogen) atoms. The van der Waals surface area contributed by atoms with Crippen molar-refractivity contribution in [3.8, 4) is 17.6 Å².